The van der Waals surface area contributed by atoms with Crippen LogP contribution in [0.15, 0.2) is 24.3 Å². The SMILES string of the molecule is CCOC(=O)[CH-]N(c1[c-]cccc1)S(=O)(=O)C(F)(F)F.CN(C)[C@@H]1CCCC[C@H]1N(C)C.[Pd+2]. The molecule has 7 nitrogen and oxygen atoms in total. The van der Waals surface area contributed by atoms with Crippen LogP contribution in [0, 0.1) is 12.6 Å². The first-order valence-corrected chi connectivity index (χ1v) is 11.7. The van der Waals surface area contributed by atoms with E-state index in [-0.39, 0.29) is 37.9 Å². The van der Waals surface area contributed by atoms with Crippen LogP contribution in [-0.2, 0) is 40.0 Å². The van der Waals surface area contributed by atoms with Gasteiger partial charge < -0.3 is 18.8 Å². The molecule has 1 saturated carbocycles. The monoisotopic (exact) mass is 585 g/mol. The van der Waals surface area contributed by atoms with Gasteiger partial charge in [0, 0.05) is 12.1 Å². The Morgan fingerprint density at radius 1 is 1.12 bits per heavy atom. The van der Waals surface area contributed by atoms with Gasteiger partial charge >= 0.3 is 36.0 Å². The maximum atomic E-state index is 12.6. The molecule has 1 aliphatic carbocycles. The number of hydrogen-bond acceptors (Lipinski definition) is 6. The summed E-state index contributed by atoms with van der Waals surface area (Å²) in [7, 11) is 3.04. The molecule has 0 amide bonds. The Balaban J connectivity index is 0.000000675. The molecule has 0 saturated heterocycles. The van der Waals surface area contributed by atoms with E-state index in [9.17, 15) is 26.4 Å². The molecule has 33 heavy (non-hydrogen) atoms. The smallest absolute Gasteiger partial charge is 0.487 e. The van der Waals surface area contributed by atoms with Gasteiger partial charge in [-0.05, 0) is 48.0 Å². The Bertz CT molecular complexity index is 793. The summed E-state index contributed by atoms with van der Waals surface area (Å²) in [4.78, 5) is 16.0. The summed E-state index contributed by atoms with van der Waals surface area (Å²) in [6.07, 6.45) is 5.56. The Labute approximate surface area is 208 Å². The van der Waals surface area contributed by atoms with Gasteiger partial charge in [-0.25, -0.2) is 0 Å². The van der Waals surface area contributed by atoms with Crippen molar-refractivity contribution < 1.29 is 51.5 Å². The first-order valence-electron chi connectivity index (χ1n) is 10.2. The maximum absolute atomic E-state index is 12.6. The van der Waals surface area contributed by atoms with Crippen LogP contribution in [0.2, 0.25) is 0 Å². The van der Waals surface area contributed by atoms with Crippen molar-refractivity contribution in [3.05, 3.63) is 36.9 Å². The number of likely N-dealkylation sites (N-methyl/N-ethyl adjacent to an activating group) is 2. The number of alkyl halides is 3. The molecule has 0 unspecified atom stereocenters. The summed E-state index contributed by atoms with van der Waals surface area (Å²) < 4.78 is 64.9. The van der Waals surface area contributed by atoms with Gasteiger partial charge in [0.05, 0.1) is 6.61 Å². The molecule has 0 aliphatic heterocycles. The van der Waals surface area contributed by atoms with E-state index in [1.807, 2.05) is 0 Å². The Kier molecular flexibility index (Phi) is 13.6. The van der Waals surface area contributed by atoms with Crippen molar-refractivity contribution in [2.75, 3.05) is 39.1 Å². The summed E-state index contributed by atoms with van der Waals surface area (Å²) in [6, 6.07) is 8.88. The number of para-hydroxylation sites is 1. The van der Waals surface area contributed by atoms with E-state index in [2.05, 4.69) is 48.8 Å². The Morgan fingerprint density at radius 3 is 2.00 bits per heavy atom. The maximum Gasteiger partial charge on any atom is 2.00 e. The van der Waals surface area contributed by atoms with Gasteiger partial charge in [-0.15, -0.1) is 6.07 Å². The topological polar surface area (TPSA) is 70.2 Å². The first kappa shape index (κ1) is 31.7. The van der Waals surface area contributed by atoms with Crippen LogP contribution in [0.5, 0.6) is 0 Å². The predicted octanol–water partition coefficient (Wildman–Crippen LogP) is 3.29. The first-order chi connectivity index (χ1) is 14.8. The summed E-state index contributed by atoms with van der Waals surface area (Å²) in [5.41, 5.74) is -6.00. The zero-order valence-corrected chi connectivity index (χ0v) is 21.8. The van der Waals surface area contributed by atoms with Crippen molar-refractivity contribution in [2.24, 2.45) is 0 Å². The minimum atomic E-state index is -5.76. The molecule has 12 heteroatoms. The number of carbonyl (C=O) groups is 1. The molecule has 1 aliphatic rings. The molecule has 0 aromatic heterocycles. The van der Waals surface area contributed by atoms with Gasteiger partial charge in [-0.3, -0.25) is 4.79 Å². The average Bonchev–Trinajstić information content (AvgIpc) is 2.72. The minimum Gasteiger partial charge on any atom is -0.487 e. The summed E-state index contributed by atoms with van der Waals surface area (Å²) in [6.45, 7) is 1.55. The zero-order valence-electron chi connectivity index (χ0n) is 19.4. The summed E-state index contributed by atoms with van der Waals surface area (Å²) in [5, 5.41) is 0. The Morgan fingerprint density at radius 2 is 1.64 bits per heavy atom. The fourth-order valence-corrected chi connectivity index (χ4v) is 4.29. The van der Waals surface area contributed by atoms with Gasteiger partial charge in [0.2, 0.25) is 0 Å². The molecule has 1 aromatic carbocycles. The molecule has 1 aromatic rings. The number of carbonyl (C=O) groups excluding carboxylic acids is 1. The third-order valence-corrected chi connectivity index (χ3v) is 6.42. The molecular formula is C21H32F3N3O4PdS. The fourth-order valence-electron chi connectivity index (χ4n) is 3.47. The third-order valence-electron chi connectivity index (χ3n) is 5.01. The number of anilines is 1. The molecule has 1 fully saturated rings. The number of hydrogen-bond donors (Lipinski definition) is 0. The van der Waals surface area contributed by atoms with Crippen LogP contribution < -0.4 is 4.31 Å². The van der Waals surface area contributed by atoms with E-state index >= 15 is 0 Å². The number of ether oxygens (including phenoxy) is 1. The van der Waals surface area contributed by atoms with Gasteiger partial charge in [0.15, 0.2) is 5.97 Å². The van der Waals surface area contributed by atoms with E-state index in [1.165, 1.54) is 50.8 Å². The number of rotatable bonds is 7. The second kappa shape index (κ2) is 14.2. The molecule has 0 radical (unpaired) electrons. The fraction of sp³-hybridized carbons (Fsp3) is 0.619. The van der Waals surface area contributed by atoms with Crippen LogP contribution in [-0.4, -0.2) is 76.6 Å². The normalized spacial score (nSPS) is 18.6. The number of esters is 1. The van der Waals surface area contributed by atoms with Crippen LogP contribution in [0.25, 0.3) is 0 Å². The minimum absolute atomic E-state index is 0. The summed E-state index contributed by atoms with van der Waals surface area (Å²) in [5.74, 6) is -1.21. The second-order valence-corrected chi connectivity index (χ2v) is 9.53. The van der Waals surface area contributed by atoms with E-state index in [1.54, 1.807) is 0 Å². The van der Waals surface area contributed by atoms with Gasteiger partial charge in [0.25, 0.3) is 0 Å². The van der Waals surface area contributed by atoms with Crippen LogP contribution in [0.3, 0.4) is 0 Å². The number of halogens is 3. The Hall–Kier alpha value is -1.32. The van der Waals surface area contributed by atoms with Gasteiger partial charge in [0.1, 0.15) is 0 Å². The van der Waals surface area contributed by atoms with E-state index in [4.69, 9.17) is 0 Å². The molecular weight excluding hydrogens is 554 g/mol. The molecule has 0 N–H and O–H groups in total. The van der Waals surface area contributed by atoms with Crippen LogP contribution in [0.1, 0.15) is 32.6 Å². The van der Waals surface area contributed by atoms with Crippen molar-refractivity contribution in [3.8, 4) is 0 Å². The summed E-state index contributed by atoms with van der Waals surface area (Å²) >= 11 is 0. The van der Waals surface area contributed by atoms with E-state index in [0.29, 0.717) is 0 Å². The molecule has 2 atom stereocenters. The quantitative estimate of drug-likeness (QED) is 0.278. The number of benzene rings is 1. The molecule has 2 rings (SSSR count). The third kappa shape index (κ3) is 9.45. The predicted molar refractivity (Wildman–Crippen MR) is 117 cm³/mol. The molecule has 0 bridgehead atoms. The average molecular weight is 586 g/mol. The molecule has 0 spiro atoms. The molecule has 192 valence electrons. The standard InChI is InChI=1S/C11H10F3NO4S.C10H22N2.Pd/c1-2-19-10(16)8-15(9-6-4-3-5-7-9)20(17,18)11(12,13)14;1-11(2)9-7-5-6-8-10(9)12(3)4;/h3-6,8H,2H2,1H3;9-10H,5-8H2,1-4H3;/q-2;;+2/t;9-,10-;/m.1./s1. The van der Waals surface area contributed by atoms with Crippen molar-refractivity contribution in [2.45, 2.75) is 50.2 Å². The second-order valence-electron chi connectivity index (χ2n) is 7.72. The largest absolute Gasteiger partial charge is 2.00 e. The molecule has 0 heterocycles. The van der Waals surface area contributed by atoms with Crippen molar-refractivity contribution >= 4 is 21.7 Å². The zero-order chi connectivity index (χ0) is 24.5. The van der Waals surface area contributed by atoms with Gasteiger partial charge in [-0.2, -0.15) is 52.4 Å². The van der Waals surface area contributed by atoms with E-state index < -0.39 is 27.2 Å². The number of sulfonamides is 1. The van der Waals surface area contributed by atoms with Crippen molar-refractivity contribution in [1.82, 2.24) is 9.80 Å². The van der Waals surface area contributed by atoms with Gasteiger partial charge in [-0.1, -0.05) is 18.5 Å². The van der Waals surface area contributed by atoms with Crippen LogP contribution in [0.4, 0.5) is 18.9 Å². The van der Waals surface area contributed by atoms with Crippen molar-refractivity contribution in [1.29, 1.82) is 0 Å². The number of nitrogens with zero attached hydrogens (tertiary/aromatic N) is 3. The van der Waals surface area contributed by atoms with Crippen molar-refractivity contribution in [3.63, 3.8) is 0 Å². The van der Waals surface area contributed by atoms with E-state index in [0.717, 1.165) is 18.2 Å². The van der Waals surface area contributed by atoms with Crippen LogP contribution >= 0.6 is 0 Å².